The molecule has 3 atom stereocenters. The van der Waals surface area contributed by atoms with Crippen LogP contribution in [0, 0.1) is 5.92 Å². The van der Waals surface area contributed by atoms with E-state index < -0.39 is 11.0 Å². The molecular weight excluding hydrogens is 344 g/mol. The molecule has 0 heterocycles. The lowest BCUT2D eigenvalue weighted by atomic mass is 10.1. The molecule has 0 radical (unpaired) electrons. The molecular formula is C21H36N2O2S. The number of hydrogen-bond acceptors (Lipinski definition) is 3. The maximum atomic E-state index is 12.6. The van der Waals surface area contributed by atoms with Crippen molar-refractivity contribution in [2.24, 2.45) is 5.92 Å². The van der Waals surface area contributed by atoms with Gasteiger partial charge in [-0.05, 0) is 43.5 Å². The number of carbonyl (C=O) groups is 1. The van der Waals surface area contributed by atoms with Crippen molar-refractivity contribution in [3.8, 4) is 0 Å². The highest BCUT2D eigenvalue weighted by molar-refractivity contribution is 7.83. The predicted molar refractivity (Wildman–Crippen MR) is 112 cm³/mol. The molecule has 0 aliphatic carbocycles. The van der Waals surface area contributed by atoms with Crippen LogP contribution in [0.5, 0.6) is 0 Å². The second-order valence-corrected chi connectivity index (χ2v) is 8.43. The van der Waals surface area contributed by atoms with Gasteiger partial charge >= 0.3 is 0 Å². The Hall–Kier alpha value is -1.20. The Kier molecular flexibility index (Phi) is 11.5. The number of rotatable bonds is 14. The van der Waals surface area contributed by atoms with Crippen LogP contribution in [0.1, 0.15) is 65.7 Å². The summed E-state index contributed by atoms with van der Waals surface area (Å²) in [7, 11) is 0.851. The molecule has 0 spiro atoms. The van der Waals surface area contributed by atoms with Gasteiger partial charge in [-0.15, -0.1) is 0 Å². The van der Waals surface area contributed by atoms with E-state index in [1.807, 2.05) is 38.2 Å². The normalized spacial score (nSPS) is 14.6. The molecule has 0 aliphatic rings. The Morgan fingerprint density at radius 2 is 1.77 bits per heavy atom. The van der Waals surface area contributed by atoms with Crippen LogP contribution in [0.2, 0.25) is 0 Å². The highest BCUT2D eigenvalue weighted by Crippen LogP contribution is 2.18. The summed E-state index contributed by atoms with van der Waals surface area (Å²) in [5.74, 6) is 0.0802. The van der Waals surface area contributed by atoms with Gasteiger partial charge in [0.05, 0.1) is 4.90 Å². The summed E-state index contributed by atoms with van der Waals surface area (Å²) >= 11 is 0. The zero-order chi connectivity index (χ0) is 19.4. The van der Waals surface area contributed by atoms with Crippen molar-refractivity contribution in [1.82, 2.24) is 4.72 Å². The third-order valence-electron chi connectivity index (χ3n) is 4.71. The first-order chi connectivity index (χ1) is 12.5. The van der Waals surface area contributed by atoms with E-state index in [2.05, 4.69) is 23.5 Å². The molecule has 0 saturated carbocycles. The van der Waals surface area contributed by atoms with Gasteiger partial charge in [0.25, 0.3) is 0 Å². The third-order valence-corrected chi connectivity index (χ3v) is 5.96. The molecule has 1 aromatic rings. The lowest BCUT2D eigenvalue weighted by Gasteiger charge is -2.21. The first kappa shape index (κ1) is 22.8. The zero-order valence-electron chi connectivity index (χ0n) is 16.9. The van der Waals surface area contributed by atoms with Crippen molar-refractivity contribution in [2.45, 2.75) is 76.7 Å². The van der Waals surface area contributed by atoms with Crippen LogP contribution in [0.15, 0.2) is 29.2 Å². The van der Waals surface area contributed by atoms with Gasteiger partial charge in [-0.2, -0.15) is 0 Å². The fourth-order valence-corrected chi connectivity index (χ4v) is 3.95. The molecule has 5 heteroatoms. The highest BCUT2D eigenvalue weighted by Gasteiger charge is 2.13. The Morgan fingerprint density at radius 3 is 2.35 bits per heavy atom. The molecule has 0 aromatic heterocycles. The average Bonchev–Trinajstić information content (AvgIpc) is 2.66. The van der Waals surface area contributed by atoms with Crippen molar-refractivity contribution in [3.05, 3.63) is 24.3 Å². The number of aldehydes is 1. The van der Waals surface area contributed by atoms with E-state index in [4.69, 9.17) is 0 Å². The fourth-order valence-electron chi connectivity index (χ4n) is 2.89. The molecule has 26 heavy (non-hydrogen) atoms. The smallest absolute Gasteiger partial charge is 0.125 e. The molecule has 3 unspecified atom stereocenters. The molecule has 0 fully saturated rings. The maximum absolute atomic E-state index is 12.6. The molecule has 1 N–H and O–H groups in total. The van der Waals surface area contributed by atoms with Crippen LogP contribution in [0.3, 0.4) is 0 Å². The maximum Gasteiger partial charge on any atom is 0.125 e. The van der Waals surface area contributed by atoms with E-state index in [1.165, 1.54) is 19.3 Å². The highest BCUT2D eigenvalue weighted by atomic mass is 32.2. The van der Waals surface area contributed by atoms with E-state index in [1.54, 1.807) is 0 Å². The molecule has 1 aromatic carbocycles. The van der Waals surface area contributed by atoms with Crippen LogP contribution in [-0.2, 0) is 15.8 Å². The van der Waals surface area contributed by atoms with Crippen molar-refractivity contribution >= 4 is 23.0 Å². The summed E-state index contributed by atoms with van der Waals surface area (Å²) in [6.07, 6.45) is 8.72. The second kappa shape index (κ2) is 13.0. The minimum absolute atomic E-state index is 0.0802. The number of carbonyl (C=O) groups excluding carboxylic acids is 1. The van der Waals surface area contributed by atoms with Gasteiger partial charge in [-0.25, -0.2) is 8.93 Å². The topological polar surface area (TPSA) is 49.4 Å². The fraction of sp³-hybridized carbons (Fsp3) is 0.667. The Labute approximate surface area is 162 Å². The van der Waals surface area contributed by atoms with Crippen LogP contribution in [0.25, 0.3) is 0 Å². The summed E-state index contributed by atoms with van der Waals surface area (Å²) in [4.78, 5) is 13.7. The lowest BCUT2D eigenvalue weighted by molar-refractivity contribution is -0.110. The number of hydrogen-bond donors (Lipinski definition) is 1. The van der Waals surface area contributed by atoms with Crippen molar-refractivity contribution < 1.29 is 9.00 Å². The van der Waals surface area contributed by atoms with Gasteiger partial charge in [0.15, 0.2) is 0 Å². The largest absolute Gasteiger partial charge is 0.375 e. The number of anilines is 1. The van der Waals surface area contributed by atoms with Crippen molar-refractivity contribution in [2.75, 3.05) is 18.5 Å². The Morgan fingerprint density at radius 1 is 1.08 bits per heavy atom. The minimum Gasteiger partial charge on any atom is -0.375 e. The number of nitrogens with one attached hydrogen (secondary N) is 1. The first-order valence-corrected chi connectivity index (χ1v) is 11.1. The summed E-state index contributed by atoms with van der Waals surface area (Å²) in [6.45, 7) is 7.15. The standard InChI is InChI=1S/C21H36N2O2S/c1-5-7-8-10-19(9-6-2)22-26(25)21-13-11-20(12-14-21)23(4)16-15-18(3)17-24/h11-14,17-19,22H,5-10,15-16H2,1-4H3. The van der Waals surface area contributed by atoms with Crippen molar-refractivity contribution in [3.63, 3.8) is 0 Å². The summed E-state index contributed by atoms with van der Waals surface area (Å²) in [6, 6.07) is 8.21. The monoisotopic (exact) mass is 380 g/mol. The van der Waals surface area contributed by atoms with Crippen LogP contribution < -0.4 is 9.62 Å². The Bertz CT molecular complexity index is 533. The average molecular weight is 381 g/mol. The van der Waals surface area contributed by atoms with Gasteiger partial charge in [0.2, 0.25) is 0 Å². The second-order valence-electron chi connectivity index (χ2n) is 7.19. The molecule has 0 amide bonds. The van der Waals surface area contributed by atoms with Crippen LogP contribution in [-0.4, -0.2) is 30.1 Å². The lowest BCUT2D eigenvalue weighted by Crippen LogP contribution is -2.30. The van der Waals surface area contributed by atoms with Gasteiger partial charge in [-0.3, -0.25) is 0 Å². The summed E-state index contributed by atoms with van der Waals surface area (Å²) in [5, 5.41) is 0. The molecule has 0 bridgehead atoms. The van der Waals surface area contributed by atoms with Gasteiger partial charge in [-0.1, -0.05) is 46.5 Å². The molecule has 0 aliphatic heterocycles. The quantitative estimate of drug-likeness (QED) is 0.376. The zero-order valence-corrected chi connectivity index (χ0v) is 17.7. The predicted octanol–water partition coefficient (Wildman–Crippen LogP) is 4.71. The van der Waals surface area contributed by atoms with E-state index in [0.29, 0.717) is 6.04 Å². The molecule has 148 valence electrons. The Balaban J connectivity index is 2.59. The first-order valence-electron chi connectivity index (χ1n) is 9.96. The van der Waals surface area contributed by atoms with Gasteiger partial charge in [0.1, 0.15) is 17.3 Å². The summed E-state index contributed by atoms with van der Waals surface area (Å²) < 4.78 is 16.0. The number of unbranched alkanes of at least 4 members (excludes halogenated alkanes) is 2. The van der Waals surface area contributed by atoms with Crippen molar-refractivity contribution in [1.29, 1.82) is 0 Å². The summed E-state index contributed by atoms with van der Waals surface area (Å²) in [5.41, 5.74) is 1.08. The molecule has 4 nitrogen and oxygen atoms in total. The van der Waals surface area contributed by atoms with E-state index in [0.717, 1.165) is 49.1 Å². The number of benzene rings is 1. The molecule has 0 saturated heterocycles. The van der Waals surface area contributed by atoms with Crippen LogP contribution >= 0.6 is 0 Å². The minimum atomic E-state index is -1.17. The van der Waals surface area contributed by atoms with Crippen LogP contribution in [0.4, 0.5) is 5.69 Å². The third kappa shape index (κ3) is 8.45. The van der Waals surface area contributed by atoms with Gasteiger partial charge < -0.3 is 9.69 Å². The van der Waals surface area contributed by atoms with E-state index >= 15 is 0 Å². The molecule has 1 rings (SSSR count). The van der Waals surface area contributed by atoms with Gasteiger partial charge in [0, 0.05) is 31.2 Å². The van der Waals surface area contributed by atoms with E-state index in [-0.39, 0.29) is 5.92 Å². The number of nitrogens with zero attached hydrogens (tertiary/aromatic N) is 1. The SMILES string of the molecule is CCCCCC(CCC)NS(=O)c1ccc(N(C)CCC(C)C=O)cc1. The van der Waals surface area contributed by atoms with E-state index in [9.17, 15) is 9.00 Å².